The third-order valence-electron chi connectivity index (χ3n) is 2.01. The number of aryl methyl sites for hydroxylation is 1. The van der Waals surface area contributed by atoms with E-state index < -0.39 is 0 Å². The molecule has 0 bridgehead atoms. The minimum atomic E-state index is 0.0771. The van der Waals surface area contributed by atoms with Gasteiger partial charge in [-0.2, -0.15) is 0 Å². The molecule has 0 fully saturated rings. The summed E-state index contributed by atoms with van der Waals surface area (Å²) in [5.74, 6) is 0.0771. The summed E-state index contributed by atoms with van der Waals surface area (Å²) in [6, 6.07) is 8.11. The van der Waals surface area contributed by atoms with Crippen molar-refractivity contribution in [3.63, 3.8) is 0 Å². The molecule has 0 aliphatic rings. The first-order valence-corrected chi connectivity index (χ1v) is 4.49. The van der Waals surface area contributed by atoms with Gasteiger partial charge in [-0.15, -0.1) is 0 Å². The van der Waals surface area contributed by atoms with E-state index in [0.29, 0.717) is 6.42 Å². The van der Waals surface area contributed by atoms with Crippen LogP contribution in [0.1, 0.15) is 18.1 Å². The van der Waals surface area contributed by atoms with E-state index in [1.54, 1.807) is 0 Å². The van der Waals surface area contributed by atoms with Crippen LogP contribution in [0.5, 0.6) is 0 Å². The number of carbonyl (C=O) groups excluding carboxylic acids is 1. The van der Waals surface area contributed by atoms with Crippen molar-refractivity contribution in [2.24, 2.45) is 0 Å². The van der Waals surface area contributed by atoms with Crippen LogP contribution in [0.25, 0.3) is 0 Å². The maximum absolute atomic E-state index is 11.1. The lowest BCUT2D eigenvalue weighted by molar-refractivity contribution is -0.114. The Labute approximate surface area is 79.1 Å². The predicted molar refractivity (Wildman–Crippen MR) is 54.7 cm³/mol. The largest absolute Gasteiger partial charge is 0.295 e. The van der Waals surface area contributed by atoms with Gasteiger partial charge in [0.15, 0.2) is 5.78 Å². The van der Waals surface area contributed by atoms with Crippen molar-refractivity contribution in [2.45, 2.75) is 19.8 Å². The first-order valence-electron chi connectivity index (χ1n) is 4.49. The van der Waals surface area contributed by atoms with E-state index in [4.69, 9.17) is 0 Å². The van der Waals surface area contributed by atoms with Crippen molar-refractivity contribution < 1.29 is 4.79 Å². The maximum atomic E-state index is 11.1. The molecule has 1 aromatic carbocycles. The highest BCUT2D eigenvalue weighted by molar-refractivity contribution is 5.90. The van der Waals surface area contributed by atoms with E-state index in [1.165, 1.54) is 11.6 Å². The van der Waals surface area contributed by atoms with Gasteiger partial charge in [-0.1, -0.05) is 37.8 Å². The van der Waals surface area contributed by atoms with Gasteiger partial charge in [0.05, 0.1) is 0 Å². The van der Waals surface area contributed by atoms with Crippen LogP contribution in [0, 0.1) is 0 Å². The summed E-state index contributed by atoms with van der Waals surface area (Å²) in [6.07, 6.45) is 2.85. The quantitative estimate of drug-likeness (QED) is 0.641. The third kappa shape index (κ3) is 2.86. The number of ketones is 1. The average molecular weight is 174 g/mol. The van der Waals surface area contributed by atoms with Crippen LogP contribution in [0.2, 0.25) is 0 Å². The number of benzene rings is 1. The standard InChI is InChI=1S/C12H14O/c1-3-10-6-5-7-11(8-10)9-12(13)4-2/h4-8H,2-3,9H2,1H3. The Morgan fingerprint density at radius 2 is 2.15 bits per heavy atom. The number of hydrogen-bond acceptors (Lipinski definition) is 1. The Kier molecular flexibility index (Phi) is 3.44. The summed E-state index contributed by atoms with van der Waals surface area (Å²) in [6.45, 7) is 5.56. The molecule has 0 spiro atoms. The molecule has 0 radical (unpaired) electrons. The van der Waals surface area contributed by atoms with Gasteiger partial charge in [-0.3, -0.25) is 4.79 Å². The Balaban J connectivity index is 2.77. The van der Waals surface area contributed by atoms with Gasteiger partial charge in [0.2, 0.25) is 0 Å². The van der Waals surface area contributed by atoms with Gasteiger partial charge >= 0.3 is 0 Å². The zero-order chi connectivity index (χ0) is 9.68. The van der Waals surface area contributed by atoms with Gasteiger partial charge in [0.1, 0.15) is 0 Å². The van der Waals surface area contributed by atoms with Gasteiger partial charge in [0, 0.05) is 6.42 Å². The highest BCUT2D eigenvalue weighted by Gasteiger charge is 1.99. The lowest BCUT2D eigenvalue weighted by atomic mass is 10.0. The van der Waals surface area contributed by atoms with Crippen molar-refractivity contribution >= 4 is 5.78 Å². The molecule has 0 unspecified atom stereocenters. The second-order valence-electron chi connectivity index (χ2n) is 3.02. The van der Waals surface area contributed by atoms with Gasteiger partial charge in [-0.05, 0) is 23.6 Å². The predicted octanol–water partition coefficient (Wildman–Crippen LogP) is 2.55. The number of rotatable bonds is 4. The van der Waals surface area contributed by atoms with Crippen LogP contribution in [0.15, 0.2) is 36.9 Å². The fourth-order valence-corrected chi connectivity index (χ4v) is 1.23. The molecule has 13 heavy (non-hydrogen) atoms. The number of carbonyl (C=O) groups is 1. The molecule has 1 aromatic rings. The van der Waals surface area contributed by atoms with Crippen molar-refractivity contribution in [3.8, 4) is 0 Å². The molecule has 0 heterocycles. The van der Waals surface area contributed by atoms with E-state index in [9.17, 15) is 4.79 Å². The molecule has 0 aliphatic carbocycles. The summed E-state index contributed by atoms with van der Waals surface area (Å²) in [5, 5.41) is 0. The Bertz CT molecular complexity index is 313. The highest BCUT2D eigenvalue weighted by Crippen LogP contribution is 2.06. The Morgan fingerprint density at radius 1 is 1.46 bits per heavy atom. The van der Waals surface area contributed by atoms with E-state index in [0.717, 1.165) is 12.0 Å². The van der Waals surface area contributed by atoms with Crippen LogP contribution < -0.4 is 0 Å². The van der Waals surface area contributed by atoms with Crippen molar-refractivity contribution in [2.75, 3.05) is 0 Å². The van der Waals surface area contributed by atoms with Crippen LogP contribution in [0.4, 0.5) is 0 Å². The molecule has 0 saturated heterocycles. The van der Waals surface area contributed by atoms with Crippen LogP contribution in [-0.2, 0) is 17.6 Å². The van der Waals surface area contributed by atoms with Gasteiger partial charge < -0.3 is 0 Å². The van der Waals surface area contributed by atoms with Crippen molar-refractivity contribution in [1.29, 1.82) is 0 Å². The fraction of sp³-hybridized carbons (Fsp3) is 0.250. The molecule has 0 aliphatic heterocycles. The van der Waals surface area contributed by atoms with E-state index in [2.05, 4.69) is 25.6 Å². The molecule has 0 amide bonds. The normalized spacial score (nSPS) is 9.62. The van der Waals surface area contributed by atoms with E-state index >= 15 is 0 Å². The zero-order valence-electron chi connectivity index (χ0n) is 7.92. The first-order chi connectivity index (χ1) is 6.26. The summed E-state index contributed by atoms with van der Waals surface area (Å²) in [4.78, 5) is 11.1. The van der Waals surface area contributed by atoms with E-state index in [-0.39, 0.29) is 5.78 Å². The number of allylic oxidation sites excluding steroid dienone is 1. The lowest BCUT2D eigenvalue weighted by Gasteiger charge is -2.00. The highest BCUT2D eigenvalue weighted by atomic mass is 16.1. The molecule has 1 heteroatoms. The second-order valence-corrected chi connectivity index (χ2v) is 3.02. The molecule has 68 valence electrons. The van der Waals surface area contributed by atoms with Crippen LogP contribution in [0.3, 0.4) is 0 Å². The van der Waals surface area contributed by atoms with Crippen molar-refractivity contribution in [1.82, 2.24) is 0 Å². The first kappa shape index (κ1) is 9.72. The molecule has 0 saturated carbocycles. The summed E-state index contributed by atoms with van der Waals surface area (Å²) in [7, 11) is 0. The van der Waals surface area contributed by atoms with Crippen LogP contribution >= 0.6 is 0 Å². The average Bonchev–Trinajstić information content (AvgIpc) is 2.18. The summed E-state index contributed by atoms with van der Waals surface area (Å²) in [5.41, 5.74) is 2.35. The number of hydrogen-bond donors (Lipinski definition) is 0. The second kappa shape index (κ2) is 4.61. The topological polar surface area (TPSA) is 17.1 Å². The fourth-order valence-electron chi connectivity index (χ4n) is 1.23. The van der Waals surface area contributed by atoms with Crippen molar-refractivity contribution in [3.05, 3.63) is 48.0 Å². The molecule has 0 aromatic heterocycles. The minimum absolute atomic E-state index is 0.0771. The van der Waals surface area contributed by atoms with Crippen LogP contribution in [-0.4, -0.2) is 5.78 Å². The monoisotopic (exact) mass is 174 g/mol. The minimum Gasteiger partial charge on any atom is -0.295 e. The third-order valence-corrected chi connectivity index (χ3v) is 2.01. The smallest absolute Gasteiger partial charge is 0.159 e. The van der Waals surface area contributed by atoms with E-state index in [1.807, 2.05) is 12.1 Å². The molecule has 0 atom stereocenters. The van der Waals surface area contributed by atoms with Gasteiger partial charge in [-0.25, -0.2) is 0 Å². The molecule has 1 nitrogen and oxygen atoms in total. The molecular weight excluding hydrogens is 160 g/mol. The SMILES string of the molecule is C=CC(=O)Cc1cccc(CC)c1. The Hall–Kier alpha value is -1.37. The Morgan fingerprint density at radius 3 is 2.77 bits per heavy atom. The maximum Gasteiger partial charge on any atom is 0.159 e. The molecular formula is C12H14O. The molecule has 1 rings (SSSR count). The summed E-state index contributed by atoms with van der Waals surface area (Å²) < 4.78 is 0. The van der Waals surface area contributed by atoms with Gasteiger partial charge in [0.25, 0.3) is 0 Å². The summed E-state index contributed by atoms with van der Waals surface area (Å²) >= 11 is 0. The zero-order valence-corrected chi connectivity index (χ0v) is 7.92. The lowest BCUT2D eigenvalue weighted by Crippen LogP contribution is -1.98. The molecule has 0 N–H and O–H groups in total.